The minimum absolute atomic E-state index is 0.114. The maximum absolute atomic E-state index is 12.2. The monoisotopic (exact) mass is 282 g/mol. The minimum Gasteiger partial charge on any atom is -0.459 e. The maximum atomic E-state index is 12.2. The van der Waals surface area contributed by atoms with Gasteiger partial charge in [0, 0.05) is 11.3 Å². The van der Waals surface area contributed by atoms with E-state index in [9.17, 15) is 9.59 Å². The van der Waals surface area contributed by atoms with Crippen molar-refractivity contribution < 1.29 is 14.0 Å². The molecule has 6 heteroatoms. The highest BCUT2D eigenvalue weighted by Gasteiger charge is 2.37. The molecule has 0 aromatic carbocycles. The van der Waals surface area contributed by atoms with Crippen LogP contribution in [0.3, 0.4) is 0 Å². The number of furan rings is 1. The maximum Gasteiger partial charge on any atom is 0.290 e. The number of amides is 2. The van der Waals surface area contributed by atoms with Crippen molar-refractivity contribution >= 4 is 23.6 Å². The van der Waals surface area contributed by atoms with Gasteiger partial charge >= 0.3 is 0 Å². The normalized spacial score (nSPS) is 19.5. The summed E-state index contributed by atoms with van der Waals surface area (Å²) in [4.78, 5) is 26.0. The van der Waals surface area contributed by atoms with E-state index >= 15 is 0 Å². The molecule has 1 unspecified atom stereocenters. The lowest BCUT2D eigenvalue weighted by Gasteiger charge is -2.27. The van der Waals surface area contributed by atoms with Crippen LogP contribution < -0.4 is 5.32 Å². The summed E-state index contributed by atoms with van der Waals surface area (Å²) < 4.78 is 5.10. The smallest absolute Gasteiger partial charge is 0.290 e. The number of hydrogen-bond acceptors (Lipinski definition) is 4. The zero-order valence-corrected chi connectivity index (χ0v) is 12.1. The first-order valence-corrected chi connectivity index (χ1v) is 7.28. The largest absolute Gasteiger partial charge is 0.459 e. The van der Waals surface area contributed by atoms with E-state index in [1.165, 1.54) is 6.26 Å². The number of carbonyl (C=O) groups excluding carboxylic acids is 2. The Morgan fingerprint density at radius 3 is 2.79 bits per heavy atom. The summed E-state index contributed by atoms with van der Waals surface area (Å²) in [6.07, 6.45) is 1.46. The highest BCUT2D eigenvalue weighted by atomic mass is 32.2. The molecule has 0 spiro atoms. The Kier molecular flexibility index (Phi) is 3.89. The standard InChI is InChI=1S/C13H18N2O3S/c1-13(2,3)14-11(16)9-7-19-8-15(9)12(17)10-5-4-6-18-10/h4-6,9H,7-8H2,1-3H3,(H,14,16). The zero-order chi connectivity index (χ0) is 14.0. The van der Waals surface area contributed by atoms with Crippen LogP contribution in [0.15, 0.2) is 22.8 Å². The fraction of sp³-hybridized carbons (Fsp3) is 0.538. The van der Waals surface area contributed by atoms with Crippen molar-refractivity contribution in [3.63, 3.8) is 0 Å². The molecule has 0 bridgehead atoms. The van der Waals surface area contributed by atoms with Gasteiger partial charge in [-0.05, 0) is 32.9 Å². The lowest BCUT2D eigenvalue weighted by Crippen LogP contribution is -2.52. The summed E-state index contributed by atoms with van der Waals surface area (Å²) in [5.41, 5.74) is -0.302. The fourth-order valence-corrected chi connectivity index (χ4v) is 3.01. The van der Waals surface area contributed by atoms with Gasteiger partial charge in [-0.2, -0.15) is 0 Å². The lowest BCUT2D eigenvalue weighted by atomic mass is 10.1. The molecule has 1 N–H and O–H groups in total. The summed E-state index contributed by atoms with van der Waals surface area (Å²) in [6, 6.07) is 2.85. The number of rotatable bonds is 2. The Hall–Kier alpha value is -1.43. The molecule has 2 rings (SSSR count). The fourth-order valence-electron chi connectivity index (χ4n) is 1.85. The first kappa shape index (κ1) is 14.0. The van der Waals surface area contributed by atoms with Gasteiger partial charge in [-0.25, -0.2) is 0 Å². The Morgan fingerprint density at radius 1 is 1.47 bits per heavy atom. The molecule has 1 saturated heterocycles. The minimum atomic E-state index is -0.429. The first-order valence-electron chi connectivity index (χ1n) is 6.13. The van der Waals surface area contributed by atoms with E-state index in [0.717, 1.165) is 0 Å². The summed E-state index contributed by atoms with van der Waals surface area (Å²) in [5, 5.41) is 2.91. The van der Waals surface area contributed by atoms with Gasteiger partial charge in [0.1, 0.15) is 6.04 Å². The highest BCUT2D eigenvalue weighted by Crippen LogP contribution is 2.24. The van der Waals surface area contributed by atoms with E-state index in [0.29, 0.717) is 11.6 Å². The van der Waals surface area contributed by atoms with Crippen LogP contribution in [0.4, 0.5) is 0 Å². The summed E-state index contributed by atoms with van der Waals surface area (Å²) in [7, 11) is 0. The first-order chi connectivity index (χ1) is 8.88. The number of carbonyl (C=O) groups is 2. The van der Waals surface area contributed by atoms with Crippen LogP contribution in [0.2, 0.25) is 0 Å². The van der Waals surface area contributed by atoms with E-state index in [4.69, 9.17) is 4.42 Å². The van der Waals surface area contributed by atoms with E-state index in [1.54, 1.807) is 28.8 Å². The van der Waals surface area contributed by atoms with Gasteiger partial charge in [0.25, 0.3) is 5.91 Å². The average Bonchev–Trinajstić information content (AvgIpc) is 2.97. The van der Waals surface area contributed by atoms with Crippen LogP contribution in [0.1, 0.15) is 31.3 Å². The van der Waals surface area contributed by atoms with Gasteiger partial charge in [0.15, 0.2) is 5.76 Å². The second-order valence-corrected chi connectivity index (χ2v) is 6.51. The SMILES string of the molecule is CC(C)(C)NC(=O)C1CSCN1C(=O)c1ccco1. The van der Waals surface area contributed by atoms with Crippen molar-refractivity contribution in [2.45, 2.75) is 32.4 Å². The van der Waals surface area contributed by atoms with Gasteiger partial charge in [-0.3, -0.25) is 9.59 Å². The topological polar surface area (TPSA) is 62.6 Å². The molecule has 1 aliphatic rings. The molecule has 19 heavy (non-hydrogen) atoms. The van der Waals surface area contributed by atoms with Crippen molar-refractivity contribution in [2.75, 3.05) is 11.6 Å². The van der Waals surface area contributed by atoms with Gasteiger partial charge in [-0.15, -0.1) is 11.8 Å². The van der Waals surface area contributed by atoms with Crippen LogP contribution in [0.5, 0.6) is 0 Å². The number of thioether (sulfide) groups is 1. The highest BCUT2D eigenvalue weighted by molar-refractivity contribution is 7.99. The van der Waals surface area contributed by atoms with E-state index in [1.807, 2.05) is 20.8 Å². The van der Waals surface area contributed by atoms with E-state index in [2.05, 4.69) is 5.32 Å². The van der Waals surface area contributed by atoms with Crippen molar-refractivity contribution in [3.05, 3.63) is 24.2 Å². The molecule has 0 aliphatic carbocycles. The summed E-state index contributed by atoms with van der Waals surface area (Å²) in [5.74, 6) is 1.06. The molecule has 1 aromatic rings. The third kappa shape index (κ3) is 3.32. The summed E-state index contributed by atoms with van der Waals surface area (Å²) >= 11 is 1.57. The predicted molar refractivity (Wildman–Crippen MR) is 73.9 cm³/mol. The number of nitrogens with one attached hydrogen (secondary N) is 1. The van der Waals surface area contributed by atoms with Gasteiger partial charge in [-0.1, -0.05) is 0 Å². The van der Waals surface area contributed by atoms with Crippen LogP contribution in [-0.4, -0.2) is 39.9 Å². The van der Waals surface area contributed by atoms with Crippen molar-refractivity contribution in [1.82, 2.24) is 10.2 Å². The van der Waals surface area contributed by atoms with E-state index < -0.39 is 6.04 Å². The average molecular weight is 282 g/mol. The van der Waals surface area contributed by atoms with Gasteiger partial charge in [0.05, 0.1) is 12.1 Å². The van der Waals surface area contributed by atoms with Crippen molar-refractivity contribution in [2.24, 2.45) is 0 Å². The Balaban J connectivity index is 2.09. The number of hydrogen-bond donors (Lipinski definition) is 1. The molecule has 1 fully saturated rings. The quantitative estimate of drug-likeness (QED) is 0.897. The molecule has 0 saturated carbocycles. The third-order valence-corrected chi connectivity index (χ3v) is 3.69. The Morgan fingerprint density at radius 2 is 2.21 bits per heavy atom. The van der Waals surface area contributed by atoms with Gasteiger partial charge < -0.3 is 14.6 Å². The molecule has 5 nitrogen and oxygen atoms in total. The second-order valence-electron chi connectivity index (χ2n) is 5.51. The molecule has 2 heterocycles. The van der Waals surface area contributed by atoms with Crippen molar-refractivity contribution in [1.29, 1.82) is 0 Å². The Bertz CT molecular complexity index is 465. The van der Waals surface area contributed by atoms with Crippen LogP contribution in [0, 0.1) is 0 Å². The van der Waals surface area contributed by atoms with Crippen molar-refractivity contribution in [3.8, 4) is 0 Å². The Labute approximate surface area is 116 Å². The summed E-state index contributed by atoms with van der Waals surface area (Å²) in [6.45, 7) is 5.77. The lowest BCUT2D eigenvalue weighted by molar-refractivity contribution is -0.125. The zero-order valence-electron chi connectivity index (χ0n) is 11.3. The van der Waals surface area contributed by atoms with Crippen LogP contribution >= 0.6 is 11.8 Å². The van der Waals surface area contributed by atoms with Crippen LogP contribution in [-0.2, 0) is 4.79 Å². The number of nitrogens with zero attached hydrogens (tertiary/aromatic N) is 1. The van der Waals surface area contributed by atoms with E-state index in [-0.39, 0.29) is 23.1 Å². The third-order valence-electron chi connectivity index (χ3n) is 2.68. The molecule has 2 amide bonds. The molecule has 1 aromatic heterocycles. The molecule has 1 atom stereocenters. The molecule has 0 radical (unpaired) electrons. The molecule has 104 valence electrons. The predicted octanol–water partition coefficient (Wildman–Crippen LogP) is 1.71. The second kappa shape index (κ2) is 5.28. The molecule has 1 aliphatic heterocycles. The molecular formula is C13H18N2O3S. The van der Waals surface area contributed by atoms with Gasteiger partial charge in [0.2, 0.25) is 5.91 Å². The molecular weight excluding hydrogens is 264 g/mol. The van der Waals surface area contributed by atoms with Crippen LogP contribution in [0.25, 0.3) is 0 Å².